The Kier molecular flexibility index (Phi) is 34.2. The van der Waals surface area contributed by atoms with Crippen LogP contribution in [0.3, 0.4) is 0 Å². The molecule has 10 unspecified atom stereocenters. The van der Waals surface area contributed by atoms with Crippen LogP contribution in [-0.2, 0) is 38.1 Å². The minimum Gasteiger partial charge on any atom is -0.459 e. The molecule has 8 aliphatic rings. The number of carbonyl (C=O) groups excluding carboxylic acids is 4. The lowest BCUT2D eigenvalue weighted by Gasteiger charge is -2.49. The third kappa shape index (κ3) is 19.0. The molecule has 0 heterocycles. The zero-order chi connectivity index (χ0) is 58.3. The molecular weight excluding hydrogens is 1040 g/mol. The highest BCUT2D eigenvalue weighted by atomic mass is 16.6. The molecule has 0 amide bonds. The first kappa shape index (κ1) is 83.9. The minimum absolute atomic E-state index is 0. The molecule has 0 aromatic carbocycles. The second-order valence-electron chi connectivity index (χ2n) is 30.9. The Hall–Kier alpha value is -2.12. The van der Waals surface area contributed by atoms with E-state index in [1.54, 1.807) is 0 Å². The fraction of sp³-hybridized carbons (Fsp3) is 0.947. The van der Waals surface area contributed by atoms with E-state index in [9.17, 15) is 19.2 Å². The lowest BCUT2D eigenvalue weighted by atomic mass is 9.63. The first-order valence-corrected chi connectivity index (χ1v) is 33.3. The first-order chi connectivity index (χ1) is 36.4. The van der Waals surface area contributed by atoms with Crippen molar-refractivity contribution in [3.8, 4) is 0 Å². The summed E-state index contributed by atoms with van der Waals surface area (Å²) in [4.78, 5) is 49.9. The molecule has 500 valence electrons. The van der Waals surface area contributed by atoms with Crippen LogP contribution < -0.4 is 0 Å². The van der Waals surface area contributed by atoms with Gasteiger partial charge in [0.15, 0.2) is 0 Å². The summed E-state index contributed by atoms with van der Waals surface area (Å²) < 4.78 is 24.5. The average molecular weight is 1190 g/mol. The van der Waals surface area contributed by atoms with E-state index < -0.39 is 0 Å². The Morgan fingerprint density at radius 1 is 0.381 bits per heavy atom. The van der Waals surface area contributed by atoms with Gasteiger partial charge in [0.2, 0.25) is 0 Å². The van der Waals surface area contributed by atoms with Crippen LogP contribution in [0.2, 0.25) is 0 Å². The summed E-state index contributed by atoms with van der Waals surface area (Å²) in [5.41, 5.74) is -2.12. The first-order valence-electron chi connectivity index (χ1n) is 33.3. The van der Waals surface area contributed by atoms with Gasteiger partial charge in [-0.05, 0) is 249 Å². The minimum atomic E-state index is -0.356. The van der Waals surface area contributed by atoms with Gasteiger partial charge in [0, 0.05) is 5.92 Å². The molecule has 10 atom stereocenters. The highest BCUT2D eigenvalue weighted by Crippen LogP contribution is 2.71. The number of esters is 4. The van der Waals surface area contributed by atoms with E-state index in [-0.39, 0.29) is 113 Å². The molecule has 0 aromatic heterocycles. The van der Waals surface area contributed by atoms with Crippen LogP contribution in [0.25, 0.3) is 0 Å². The van der Waals surface area contributed by atoms with E-state index in [0.717, 1.165) is 118 Å². The summed E-state index contributed by atoms with van der Waals surface area (Å²) in [6.45, 7) is 39.8. The Bertz CT molecular complexity index is 1930. The fourth-order valence-electron chi connectivity index (χ4n) is 15.9. The van der Waals surface area contributed by atoms with Gasteiger partial charge in [0.1, 0.15) is 22.4 Å². The van der Waals surface area contributed by atoms with E-state index in [4.69, 9.17) is 18.9 Å². The van der Waals surface area contributed by atoms with Gasteiger partial charge in [-0.3, -0.25) is 19.2 Å². The van der Waals surface area contributed by atoms with Crippen LogP contribution in [0.4, 0.5) is 0 Å². The zero-order valence-electron chi connectivity index (χ0n) is 54.4. The van der Waals surface area contributed by atoms with Crippen molar-refractivity contribution in [1.82, 2.24) is 0 Å². The number of carbonyl (C=O) groups is 4. The number of ether oxygens (including phenoxy) is 4. The van der Waals surface area contributed by atoms with Crippen LogP contribution in [0, 0.1) is 86.8 Å². The number of hydrogen-bond acceptors (Lipinski definition) is 8. The van der Waals surface area contributed by atoms with Crippen molar-refractivity contribution in [2.24, 2.45) is 86.8 Å². The largest absolute Gasteiger partial charge is 0.459 e. The van der Waals surface area contributed by atoms with Gasteiger partial charge in [-0.2, -0.15) is 0 Å². The Morgan fingerprint density at radius 2 is 0.774 bits per heavy atom. The standard InChI is InChI=1S/C21H34O2.C19H34O2.C16H30O2.C14H26O2.6CH4/c1-6-20(4,5)19(22)23-21(12(2)3)11-15-10-16(21)18-14-8-7-13(9-14)17(15)18;1-6-18(4,5)17(20)21-19(14(2)3)12-11-15-9-7-8-10-16(15)13-19;1-5-15(3,4)14(17)18-16(6-2)12-10-8-7-9-11-13-16;1-6-13(4,5)12(15)16-14(11(2)3)9-7-8-10-14;;;;;;/h12-18H,6-11H2,1-5H3;14-16H,6-13H2,1-5H3;5-13H2,1-4H3;11H,6-10H2,1-5H3;6*1H4. The van der Waals surface area contributed by atoms with Crippen LogP contribution in [0.5, 0.6) is 0 Å². The lowest BCUT2D eigenvalue weighted by molar-refractivity contribution is -0.191. The van der Waals surface area contributed by atoms with Crippen molar-refractivity contribution in [1.29, 1.82) is 0 Å². The monoisotopic (exact) mass is 1190 g/mol. The summed E-state index contributed by atoms with van der Waals surface area (Å²) in [7, 11) is 0. The Balaban J connectivity index is 0. The van der Waals surface area contributed by atoms with Crippen LogP contribution in [0.15, 0.2) is 0 Å². The van der Waals surface area contributed by atoms with Gasteiger partial charge in [-0.15, -0.1) is 0 Å². The van der Waals surface area contributed by atoms with Crippen LogP contribution in [-0.4, -0.2) is 46.3 Å². The quantitative estimate of drug-likeness (QED) is 0.0855. The van der Waals surface area contributed by atoms with Crippen LogP contribution in [0.1, 0.15) is 356 Å². The summed E-state index contributed by atoms with van der Waals surface area (Å²) in [5, 5.41) is 0. The van der Waals surface area contributed by atoms with E-state index >= 15 is 0 Å². The lowest BCUT2D eigenvalue weighted by Crippen LogP contribution is -2.52. The van der Waals surface area contributed by atoms with Crippen molar-refractivity contribution >= 4 is 23.9 Å². The second kappa shape index (κ2) is 34.2. The smallest absolute Gasteiger partial charge is 0.312 e. The van der Waals surface area contributed by atoms with Gasteiger partial charge < -0.3 is 18.9 Å². The van der Waals surface area contributed by atoms with Gasteiger partial charge >= 0.3 is 23.9 Å². The third-order valence-corrected chi connectivity index (χ3v) is 23.8. The molecule has 8 rings (SSSR count). The molecule has 84 heavy (non-hydrogen) atoms. The summed E-state index contributed by atoms with van der Waals surface area (Å²) in [6, 6.07) is 0. The van der Waals surface area contributed by atoms with Crippen molar-refractivity contribution in [3.05, 3.63) is 0 Å². The molecule has 8 aliphatic carbocycles. The SMILES string of the molecule is C.C.C.C.C.C.CCC(C)(C)C(=O)OC1(C(C)C)CC2CC1C1C3CCC(C3)C21.CCC(C)(C)C(=O)OC1(C(C)C)CCC2CCCCC2C1.CCC(C)(C)C(=O)OC1(C(C)C)CCCC1.CCC1(OC(=O)C(C)(C)CC)CCCCCCC1. The molecule has 8 heteroatoms. The predicted molar refractivity (Wildman–Crippen MR) is 361 cm³/mol. The molecular formula is C76H148O8. The van der Waals surface area contributed by atoms with Crippen molar-refractivity contribution < 1.29 is 38.1 Å². The molecule has 4 bridgehead atoms. The molecule has 0 aromatic rings. The van der Waals surface area contributed by atoms with Crippen molar-refractivity contribution in [2.75, 3.05) is 0 Å². The van der Waals surface area contributed by atoms with E-state index in [0.29, 0.717) is 23.7 Å². The average Bonchev–Trinajstić information content (AvgIpc) is 4.26. The summed E-state index contributed by atoms with van der Waals surface area (Å²) in [5.74, 6) is 8.24. The van der Waals surface area contributed by atoms with Gasteiger partial charge in [-0.1, -0.05) is 166 Å². The highest BCUT2D eigenvalue weighted by molar-refractivity contribution is 5.78. The number of fused-ring (bicyclic) bond motifs is 10. The molecule has 0 saturated heterocycles. The number of hydrogen-bond donors (Lipinski definition) is 0. The molecule has 0 spiro atoms. The van der Waals surface area contributed by atoms with Gasteiger partial charge in [-0.25, -0.2) is 0 Å². The highest BCUT2D eigenvalue weighted by Gasteiger charge is 2.69. The van der Waals surface area contributed by atoms with E-state index in [1.165, 1.54) is 103 Å². The maximum absolute atomic E-state index is 12.9. The Morgan fingerprint density at radius 3 is 1.20 bits per heavy atom. The fourth-order valence-corrected chi connectivity index (χ4v) is 15.9. The molecule has 0 aliphatic heterocycles. The summed E-state index contributed by atoms with van der Waals surface area (Å²) >= 11 is 0. The molecule has 0 radical (unpaired) electrons. The van der Waals surface area contributed by atoms with Gasteiger partial charge in [0.25, 0.3) is 0 Å². The van der Waals surface area contributed by atoms with Crippen molar-refractivity contribution in [2.45, 2.75) is 378 Å². The Labute approximate surface area is 524 Å². The second-order valence-corrected chi connectivity index (χ2v) is 30.9. The van der Waals surface area contributed by atoms with Crippen molar-refractivity contribution in [3.63, 3.8) is 0 Å². The third-order valence-electron chi connectivity index (χ3n) is 23.8. The van der Waals surface area contributed by atoms with E-state index in [2.05, 4.69) is 69.2 Å². The molecule has 8 saturated carbocycles. The zero-order valence-corrected chi connectivity index (χ0v) is 54.4. The predicted octanol–water partition coefficient (Wildman–Crippen LogP) is 23.0. The maximum atomic E-state index is 12.9. The van der Waals surface area contributed by atoms with E-state index in [1.807, 2.05) is 62.3 Å². The molecule has 0 N–H and O–H groups in total. The topological polar surface area (TPSA) is 105 Å². The summed E-state index contributed by atoms with van der Waals surface area (Å²) in [6.07, 6.45) is 33.0. The normalized spacial score (nSPS) is 29.7. The molecule has 8 nitrogen and oxygen atoms in total. The van der Waals surface area contributed by atoms with Gasteiger partial charge in [0.05, 0.1) is 21.7 Å². The van der Waals surface area contributed by atoms with Crippen LogP contribution >= 0.6 is 0 Å². The maximum Gasteiger partial charge on any atom is 0.312 e. The molecule has 8 fully saturated rings. The number of rotatable bonds is 16.